The van der Waals surface area contributed by atoms with Crippen molar-refractivity contribution in [2.45, 2.75) is 30.5 Å². The number of H-pyrrole nitrogens is 1. The maximum Gasteiger partial charge on any atom is 0.552 e. The average molecular weight is 347 g/mol. The lowest BCUT2D eigenvalue weighted by Crippen LogP contribution is -2.27. The van der Waals surface area contributed by atoms with E-state index in [1.165, 1.54) is 18.4 Å². The number of fused-ring (bicyclic) bond motifs is 3. The van der Waals surface area contributed by atoms with E-state index >= 15 is 0 Å². The molecule has 1 aliphatic carbocycles. The first-order valence-corrected chi connectivity index (χ1v) is 8.31. The smallest absolute Gasteiger partial charge is 0.531 e. The van der Waals surface area contributed by atoms with Gasteiger partial charge in [0.2, 0.25) is 0 Å². The first-order chi connectivity index (χ1) is 10.2. The monoisotopic (exact) mass is 346 g/mol. The van der Waals surface area contributed by atoms with E-state index in [4.69, 9.17) is 4.65 Å². The van der Waals surface area contributed by atoms with Crippen LogP contribution in [0.15, 0.2) is 24.4 Å². The zero-order valence-corrected chi connectivity index (χ0v) is 13.1. The highest BCUT2D eigenvalue weighted by atomic mass is 79.9. The van der Waals surface area contributed by atoms with Gasteiger partial charge >= 0.3 is 7.12 Å². The second-order valence-corrected chi connectivity index (χ2v) is 7.11. The molecule has 2 N–H and O–H groups in total. The summed E-state index contributed by atoms with van der Waals surface area (Å²) in [5.74, 6) is 3.04. The largest absolute Gasteiger partial charge is 0.552 e. The molecule has 0 aromatic carbocycles. The Bertz CT molecular complexity index is 707. The first kappa shape index (κ1) is 13.4. The van der Waals surface area contributed by atoms with Crippen LogP contribution in [-0.4, -0.2) is 26.9 Å². The van der Waals surface area contributed by atoms with Crippen molar-refractivity contribution < 1.29 is 9.68 Å². The van der Waals surface area contributed by atoms with Crippen molar-refractivity contribution in [3.8, 4) is 5.75 Å². The van der Waals surface area contributed by atoms with E-state index in [2.05, 4.69) is 25.9 Å². The fourth-order valence-electron chi connectivity index (χ4n) is 3.48. The highest BCUT2D eigenvalue weighted by molar-refractivity contribution is 9.09. The molecular weight excluding hydrogens is 331 g/mol. The Morgan fingerprint density at radius 1 is 1.33 bits per heavy atom. The molecule has 4 rings (SSSR count). The summed E-state index contributed by atoms with van der Waals surface area (Å²) in [7, 11) is -0.868. The maximum atomic E-state index is 9.99. The van der Waals surface area contributed by atoms with Crippen molar-refractivity contribution in [1.82, 2.24) is 9.97 Å². The van der Waals surface area contributed by atoms with Crippen LogP contribution in [0, 0.1) is 5.92 Å². The van der Waals surface area contributed by atoms with Gasteiger partial charge in [0, 0.05) is 22.0 Å². The Kier molecular flexibility index (Phi) is 3.30. The number of pyridine rings is 1. The number of hydrogen-bond acceptors (Lipinski definition) is 3. The molecule has 1 fully saturated rings. The van der Waals surface area contributed by atoms with Gasteiger partial charge in [-0.15, -0.1) is 0 Å². The Hall–Kier alpha value is -1.27. The average Bonchev–Trinajstić information content (AvgIpc) is 2.95. The van der Waals surface area contributed by atoms with Crippen molar-refractivity contribution in [2.75, 3.05) is 0 Å². The molecule has 0 unspecified atom stereocenters. The van der Waals surface area contributed by atoms with Crippen LogP contribution in [0.2, 0.25) is 0 Å². The van der Waals surface area contributed by atoms with Crippen LogP contribution in [0.25, 0.3) is 16.6 Å². The summed E-state index contributed by atoms with van der Waals surface area (Å²) in [4.78, 5) is 8.13. The van der Waals surface area contributed by atoms with Crippen molar-refractivity contribution in [3.05, 3.63) is 30.0 Å². The van der Waals surface area contributed by atoms with Crippen LogP contribution < -0.4 is 4.65 Å². The van der Waals surface area contributed by atoms with Crippen molar-refractivity contribution in [2.24, 2.45) is 5.92 Å². The van der Waals surface area contributed by atoms with E-state index in [1.807, 2.05) is 18.2 Å². The van der Waals surface area contributed by atoms with E-state index in [0.717, 1.165) is 29.4 Å². The molecule has 0 bridgehead atoms. The topological polar surface area (TPSA) is 58.1 Å². The summed E-state index contributed by atoms with van der Waals surface area (Å²) in [6, 6.07) is 2.03. The first-order valence-electron chi connectivity index (χ1n) is 7.39. The fraction of sp³-hybridized carbons (Fsp3) is 0.400. The van der Waals surface area contributed by atoms with Gasteiger partial charge in [0.05, 0.1) is 6.20 Å². The summed E-state index contributed by atoms with van der Waals surface area (Å²) in [6.07, 6.45) is 8.24. The van der Waals surface area contributed by atoms with Crippen LogP contribution in [0.5, 0.6) is 5.75 Å². The van der Waals surface area contributed by atoms with Crippen LogP contribution >= 0.6 is 15.9 Å². The molecule has 2 aromatic rings. The molecule has 2 aliphatic rings. The number of hydrogen-bond donors (Lipinski definition) is 2. The standard InChI is InChI=1S/C15H16BBrN2O2/c17-10-3-1-9(2-4-10)12-7-16(20)21-13-8-19-15-11(14(12)13)5-6-18-15/h5-10,20H,1-4H2,(H,18,19)/t9-,10+. The Labute approximate surface area is 131 Å². The summed E-state index contributed by atoms with van der Waals surface area (Å²) in [5, 5.41) is 11.1. The van der Waals surface area contributed by atoms with Gasteiger partial charge in [-0.3, -0.25) is 0 Å². The predicted molar refractivity (Wildman–Crippen MR) is 87.3 cm³/mol. The zero-order valence-electron chi connectivity index (χ0n) is 11.6. The lowest BCUT2D eigenvalue weighted by atomic mass is 9.73. The van der Waals surface area contributed by atoms with Crippen molar-refractivity contribution in [3.63, 3.8) is 0 Å². The number of nitrogens with zero attached hydrogens (tertiary/aromatic N) is 1. The van der Waals surface area contributed by atoms with Gasteiger partial charge in [-0.05, 0) is 49.2 Å². The summed E-state index contributed by atoms with van der Waals surface area (Å²) in [5.41, 5.74) is 3.19. The van der Waals surface area contributed by atoms with Gasteiger partial charge in [-0.2, -0.15) is 0 Å². The third kappa shape index (κ3) is 2.30. The fourth-order valence-corrected chi connectivity index (χ4v) is 4.01. The van der Waals surface area contributed by atoms with Crippen molar-refractivity contribution in [1.29, 1.82) is 0 Å². The number of allylic oxidation sites excluding steroid dienone is 1. The lowest BCUT2D eigenvalue weighted by molar-refractivity contribution is 0.416. The Morgan fingerprint density at radius 2 is 2.14 bits per heavy atom. The molecule has 21 heavy (non-hydrogen) atoms. The van der Waals surface area contributed by atoms with Crippen LogP contribution in [0.4, 0.5) is 0 Å². The minimum atomic E-state index is -0.868. The quantitative estimate of drug-likeness (QED) is 0.615. The van der Waals surface area contributed by atoms with Crippen molar-refractivity contribution >= 4 is 39.7 Å². The normalized spacial score (nSPS) is 25.4. The lowest BCUT2D eigenvalue weighted by Gasteiger charge is -2.31. The van der Waals surface area contributed by atoms with Crippen LogP contribution in [0.1, 0.15) is 31.2 Å². The van der Waals surface area contributed by atoms with E-state index in [-0.39, 0.29) is 0 Å². The molecule has 2 aromatic heterocycles. The van der Waals surface area contributed by atoms with Gasteiger partial charge < -0.3 is 14.7 Å². The molecular formula is C15H16BBrN2O2. The molecule has 0 spiro atoms. The van der Waals surface area contributed by atoms with Gasteiger partial charge in [0.1, 0.15) is 11.4 Å². The van der Waals surface area contributed by atoms with Gasteiger partial charge in [0.15, 0.2) is 0 Å². The predicted octanol–water partition coefficient (Wildman–Crippen LogP) is 3.31. The minimum Gasteiger partial charge on any atom is -0.531 e. The van der Waals surface area contributed by atoms with Crippen LogP contribution in [-0.2, 0) is 0 Å². The Morgan fingerprint density at radius 3 is 2.95 bits per heavy atom. The SMILES string of the molecule is OB1C=C([C@H]2CC[C@@H](Br)CC2)c2c(cnc3[nH]ccc23)O1. The Balaban J connectivity index is 1.82. The number of nitrogens with one attached hydrogen (secondary N) is 1. The molecule has 6 heteroatoms. The van der Waals surface area contributed by atoms with Gasteiger partial charge in [-0.25, -0.2) is 4.98 Å². The van der Waals surface area contributed by atoms with Gasteiger partial charge in [0.25, 0.3) is 0 Å². The number of rotatable bonds is 1. The highest BCUT2D eigenvalue weighted by Crippen LogP contribution is 2.44. The molecule has 0 saturated heterocycles. The third-order valence-electron chi connectivity index (χ3n) is 4.51. The molecule has 1 saturated carbocycles. The van der Waals surface area contributed by atoms with Crippen LogP contribution in [0.3, 0.4) is 0 Å². The van der Waals surface area contributed by atoms with E-state index in [1.54, 1.807) is 6.20 Å². The van der Waals surface area contributed by atoms with Gasteiger partial charge in [-0.1, -0.05) is 15.9 Å². The van der Waals surface area contributed by atoms with E-state index in [0.29, 0.717) is 16.5 Å². The third-order valence-corrected chi connectivity index (χ3v) is 5.42. The summed E-state index contributed by atoms with van der Waals surface area (Å²) < 4.78 is 5.54. The highest BCUT2D eigenvalue weighted by Gasteiger charge is 2.32. The number of aromatic nitrogens is 2. The van der Waals surface area contributed by atoms with E-state index < -0.39 is 7.12 Å². The molecule has 4 nitrogen and oxygen atoms in total. The zero-order chi connectivity index (χ0) is 14.4. The number of halogens is 1. The second-order valence-electron chi connectivity index (χ2n) is 5.82. The molecule has 108 valence electrons. The molecule has 0 atom stereocenters. The van der Waals surface area contributed by atoms with E-state index in [9.17, 15) is 5.02 Å². The molecule has 3 heterocycles. The molecule has 0 amide bonds. The number of aromatic amines is 1. The summed E-state index contributed by atoms with van der Waals surface area (Å²) >= 11 is 3.71. The maximum absolute atomic E-state index is 9.99. The molecule has 0 radical (unpaired) electrons. The minimum absolute atomic E-state index is 0.483. The second kappa shape index (κ2) is 5.18. The summed E-state index contributed by atoms with van der Waals surface area (Å²) in [6.45, 7) is 0. The molecule has 1 aliphatic heterocycles. The number of alkyl halides is 1.